The third-order valence-electron chi connectivity index (χ3n) is 3.05. The Balaban J connectivity index is 2.06. The Labute approximate surface area is 129 Å². The van der Waals surface area contributed by atoms with Crippen LogP contribution in [0.1, 0.15) is 26.5 Å². The molecule has 7 nitrogen and oxygen atoms in total. The first-order valence-corrected chi connectivity index (χ1v) is 6.78. The summed E-state index contributed by atoms with van der Waals surface area (Å²) in [7, 11) is 1.57. The van der Waals surface area contributed by atoms with E-state index < -0.39 is 6.03 Å². The lowest BCUT2D eigenvalue weighted by Gasteiger charge is -2.16. The standard InChI is InChI=1S/C15H20N4O3/c1-15(2,3)12-9-13(18-22-12)17-14(20)19(16)10-5-7-11(21-4)8-6-10/h5-9H,16H2,1-4H3,(H,17,18,20). The van der Waals surface area contributed by atoms with Crippen molar-refractivity contribution in [3.8, 4) is 5.75 Å². The first-order valence-electron chi connectivity index (χ1n) is 6.78. The molecule has 0 atom stereocenters. The minimum Gasteiger partial charge on any atom is -0.497 e. The highest BCUT2D eigenvalue weighted by Gasteiger charge is 2.21. The second kappa shape index (κ2) is 6.07. The number of hydrazine groups is 1. The van der Waals surface area contributed by atoms with Crippen LogP contribution in [0, 0.1) is 0 Å². The fourth-order valence-corrected chi connectivity index (χ4v) is 1.72. The van der Waals surface area contributed by atoms with Crippen LogP contribution in [0.3, 0.4) is 0 Å². The van der Waals surface area contributed by atoms with E-state index in [4.69, 9.17) is 15.1 Å². The number of hydrogen-bond donors (Lipinski definition) is 2. The van der Waals surface area contributed by atoms with Crippen molar-refractivity contribution in [2.24, 2.45) is 5.84 Å². The molecule has 1 aromatic carbocycles. The van der Waals surface area contributed by atoms with Crippen LogP contribution in [0.2, 0.25) is 0 Å². The molecule has 2 aromatic rings. The lowest BCUT2D eigenvalue weighted by molar-refractivity contribution is 0.256. The van der Waals surface area contributed by atoms with Crippen LogP contribution in [-0.4, -0.2) is 18.3 Å². The fourth-order valence-electron chi connectivity index (χ4n) is 1.72. The van der Waals surface area contributed by atoms with Crippen molar-refractivity contribution >= 4 is 17.5 Å². The predicted molar refractivity (Wildman–Crippen MR) is 83.9 cm³/mol. The van der Waals surface area contributed by atoms with Gasteiger partial charge in [-0.2, -0.15) is 0 Å². The third kappa shape index (κ3) is 3.56. The van der Waals surface area contributed by atoms with Gasteiger partial charge in [0.15, 0.2) is 5.82 Å². The van der Waals surface area contributed by atoms with Gasteiger partial charge in [0.25, 0.3) is 0 Å². The second-order valence-corrected chi connectivity index (χ2v) is 5.82. The van der Waals surface area contributed by atoms with E-state index >= 15 is 0 Å². The van der Waals surface area contributed by atoms with Crippen LogP contribution in [-0.2, 0) is 5.41 Å². The number of nitrogens with zero attached hydrogens (tertiary/aromatic N) is 2. The predicted octanol–water partition coefficient (Wildman–Crippen LogP) is 2.89. The Morgan fingerprint density at radius 3 is 2.45 bits per heavy atom. The van der Waals surface area contributed by atoms with E-state index in [1.165, 1.54) is 0 Å². The van der Waals surface area contributed by atoms with E-state index in [0.717, 1.165) is 5.01 Å². The molecule has 0 bridgehead atoms. The molecule has 0 aliphatic heterocycles. The van der Waals surface area contributed by atoms with Gasteiger partial charge in [-0.05, 0) is 24.3 Å². The summed E-state index contributed by atoms with van der Waals surface area (Å²) in [6.45, 7) is 5.98. The quantitative estimate of drug-likeness (QED) is 0.516. The summed E-state index contributed by atoms with van der Waals surface area (Å²) in [5.74, 6) is 7.47. The van der Waals surface area contributed by atoms with Crippen LogP contribution in [0.15, 0.2) is 34.9 Å². The molecule has 0 aliphatic rings. The average Bonchev–Trinajstić information content (AvgIpc) is 2.95. The number of benzene rings is 1. The molecule has 0 unspecified atom stereocenters. The molecular formula is C15H20N4O3. The van der Waals surface area contributed by atoms with Gasteiger partial charge in [0, 0.05) is 11.5 Å². The minimum absolute atomic E-state index is 0.186. The highest BCUT2D eigenvalue weighted by molar-refractivity contribution is 6.00. The molecule has 7 heteroatoms. The lowest BCUT2D eigenvalue weighted by atomic mass is 9.93. The van der Waals surface area contributed by atoms with Crippen LogP contribution in [0.25, 0.3) is 0 Å². The number of aromatic nitrogens is 1. The monoisotopic (exact) mass is 304 g/mol. The third-order valence-corrected chi connectivity index (χ3v) is 3.05. The SMILES string of the molecule is COc1ccc(N(N)C(=O)Nc2cc(C(C)(C)C)on2)cc1. The number of urea groups is 1. The van der Waals surface area contributed by atoms with Gasteiger partial charge in [-0.3, -0.25) is 5.32 Å². The summed E-state index contributed by atoms with van der Waals surface area (Å²) in [5, 5.41) is 7.39. The number of methoxy groups -OCH3 is 1. The Morgan fingerprint density at radius 1 is 1.32 bits per heavy atom. The van der Waals surface area contributed by atoms with Crippen molar-refractivity contribution in [2.45, 2.75) is 26.2 Å². The van der Waals surface area contributed by atoms with Gasteiger partial charge in [-0.25, -0.2) is 15.6 Å². The van der Waals surface area contributed by atoms with Crippen LogP contribution in [0.5, 0.6) is 5.75 Å². The number of rotatable bonds is 3. The number of carbonyl (C=O) groups is 1. The van der Waals surface area contributed by atoms with E-state index in [2.05, 4.69) is 10.5 Å². The fraction of sp³-hybridized carbons (Fsp3) is 0.333. The molecule has 0 fully saturated rings. The zero-order valence-electron chi connectivity index (χ0n) is 13.1. The van der Waals surface area contributed by atoms with E-state index in [9.17, 15) is 4.79 Å². The van der Waals surface area contributed by atoms with Gasteiger partial charge in [-0.1, -0.05) is 25.9 Å². The van der Waals surface area contributed by atoms with Crippen molar-refractivity contribution in [2.75, 3.05) is 17.4 Å². The van der Waals surface area contributed by atoms with E-state index in [-0.39, 0.29) is 5.41 Å². The molecule has 1 aromatic heterocycles. The number of nitrogens with one attached hydrogen (secondary N) is 1. The molecule has 2 rings (SSSR count). The highest BCUT2D eigenvalue weighted by atomic mass is 16.5. The lowest BCUT2D eigenvalue weighted by Crippen LogP contribution is -2.40. The number of carbonyl (C=O) groups excluding carboxylic acids is 1. The van der Waals surface area contributed by atoms with Gasteiger partial charge in [0.2, 0.25) is 0 Å². The number of ether oxygens (including phenoxy) is 1. The first-order chi connectivity index (χ1) is 10.3. The largest absolute Gasteiger partial charge is 0.497 e. The Hall–Kier alpha value is -2.54. The normalized spacial score (nSPS) is 11.1. The number of amides is 2. The van der Waals surface area contributed by atoms with Gasteiger partial charge < -0.3 is 9.26 Å². The maximum Gasteiger partial charge on any atom is 0.341 e. The average molecular weight is 304 g/mol. The molecule has 3 N–H and O–H groups in total. The molecule has 0 spiro atoms. The maximum absolute atomic E-state index is 12.1. The zero-order valence-corrected chi connectivity index (χ0v) is 13.1. The molecule has 0 saturated carbocycles. The smallest absolute Gasteiger partial charge is 0.341 e. The van der Waals surface area contributed by atoms with Crippen LogP contribution < -0.4 is 20.9 Å². The Bertz CT molecular complexity index is 644. The molecule has 0 radical (unpaired) electrons. The summed E-state index contributed by atoms with van der Waals surface area (Å²) >= 11 is 0. The molecule has 118 valence electrons. The number of nitrogens with two attached hydrogens (primary N) is 1. The molecule has 1 heterocycles. The van der Waals surface area contributed by atoms with Gasteiger partial charge >= 0.3 is 6.03 Å². The molecular weight excluding hydrogens is 284 g/mol. The van der Waals surface area contributed by atoms with Gasteiger partial charge in [0.1, 0.15) is 11.5 Å². The van der Waals surface area contributed by atoms with Crippen LogP contribution >= 0.6 is 0 Å². The molecule has 0 saturated heterocycles. The van der Waals surface area contributed by atoms with Crippen molar-refractivity contribution < 1.29 is 14.1 Å². The number of anilines is 2. The molecule has 0 aliphatic carbocycles. The summed E-state index contributed by atoms with van der Waals surface area (Å²) in [5.41, 5.74) is 0.340. The highest BCUT2D eigenvalue weighted by Crippen LogP contribution is 2.24. The van der Waals surface area contributed by atoms with Gasteiger partial charge in [-0.15, -0.1) is 0 Å². The maximum atomic E-state index is 12.1. The van der Waals surface area contributed by atoms with Crippen molar-refractivity contribution in [3.63, 3.8) is 0 Å². The van der Waals surface area contributed by atoms with Crippen molar-refractivity contribution in [1.29, 1.82) is 0 Å². The minimum atomic E-state index is -0.515. The topological polar surface area (TPSA) is 93.6 Å². The molecule has 22 heavy (non-hydrogen) atoms. The number of hydrogen-bond acceptors (Lipinski definition) is 5. The van der Waals surface area contributed by atoms with E-state index in [1.807, 2.05) is 20.8 Å². The summed E-state index contributed by atoms with van der Waals surface area (Å²) in [6.07, 6.45) is 0. The summed E-state index contributed by atoms with van der Waals surface area (Å²) in [6, 6.07) is 7.97. The second-order valence-electron chi connectivity index (χ2n) is 5.82. The Morgan fingerprint density at radius 2 is 1.95 bits per heavy atom. The summed E-state index contributed by atoms with van der Waals surface area (Å²) in [4.78, 5) is 12.1. The summed E-state index contributed by atoms with van der Waals surface area (Å²) < 4.78 is 10.3. The van der Waals surface area contributed by atoms with Crippen molar-refractivity contribution in [1.82, 2.24) is 5.16 Å². The van der Waals surface area contributed by atoms with E-state index in [1.54, 1.807) is 37.4 Å². The van der Waals surface area contributed by atoms with E-state index in [0.29, 0.717) is 23.0 Å². The first kappa shape index (κ1) is 15.8. The van der Waals surface area contributed by atoms with Crippen molar-refractivity contribution in [3.05, 3.63) is 36.1 Å². The van der Waals surface area contributed by atoms with Crippen LogP contribution in [0.4, 0.5) is 16.3 Å². The zero-order chi connectivity index (χ0) is 16.3. The van der Waals surface area contributed by atoms with Gasteiger partial charge in [0.05, 0.1) is 12.8 Å². The molecule has 2 amide bonds. The Kier molecular flexibility index (Phi) is 4.37.